The van der Waals surface area contributed by atoms with Gasteiger partial charge in [0.1, 0.15) is 0 Å². The largest absolute Gasteiger partial charge is 0.379 e. The maximum absolute atomic E-state index is 11.9. The number of amides is 3. The summed E-state index contributed by atoms with van der Waals surface area (Å²) in [6.45, 7) is 3.48. The van der Waals surface area contributed by atoms with Crippen LogP contribution < -0.4 is 16.0 Å². The Balaban J connectivity index is 1.32. The minimum absolute atomic E-state index is 0.0421. The molecule has 0 radical (unpaired) electrons. The Kier molecular flexibility index (Phi) is 12.4. The minimum atomic E-state index is -0.0589. The first-order valence-corrected chi connectivity index (χ1v) is 11.4. The lowest BCUT2D eigenvalue weighted by Gasteiger charge is -2.16. The van der Waals surface area contributed by atoms with E-state index in [1.54, 1.807) is 0 Å². The van der Waals surface area contributed by atoms with Crippen LogP contribution in [0.5, 0.6) is 0 Å². The topological polar surface area (TPSA) is 147 Å². The summed E-state index contributed by atoms with van der Waals surface area (Å²) in [7, 11) is 0. The van der Waals surface area contributed by atoms with Gasteiger partial charge in [-0.1, -0.05) is 11.5 Å². The van der Waals surface area contributed by atoms with Crippen LogP contribution in [0.4, 0.5) is 4.79 Å². The number of ether oxygens (including phenoxy) is 3. The molecule has 2 rings (SSSR count). The molecule has 0 spiro atoms. The van der Waals surface area contributed by atoms with Gasteiger partial charge in [0.2, 0.25) is 5.91 Å². The highest BCUT2D eigenvalue weighted by molar-refractivity contribution is 8.00. The first-order chi connectivity index (χ1) is 14.7. The zero-order valence-electron chi connectivity index (χ0n) is 17.2. The van der Waals surface area contributed by atoms with Gasteiger partial charge >= 0.3 is 6.03 Å². The normalized spacial score (nSPS) is 22.1. The van der Waals surface area contributed by atoms with Crippen molar-refractivity contribution in [3.8, 4) is 0 Å². The molecular formula is C18H32N6O5S. The molecule has 0 aromatic heterocycles. The molecule has 170 valence electrons. The van der Waals surface area contributed by atoms with Crippen LogP contribution in [0.25, 0.3) is 10.4 Å². The van der Waals surface area contributed by atoms with Gasteiger partial charge in [0.15, 0.2) is 0 Å². The average molecular weight is 445 g/mol. The third kappa shape index (κ3) is 9.86. The molecule has 11 nitrogen and oxygen atoms in total. The van der Waals surface area contributed by atoms with E-state index in [9.17, 15) is 9.59 Å². The van der Waals surface area contributed by atoms with Crippen molar-refractivity contribution < 1.29 is 23.8 Å². The second kappa shape index (κ2) is 15.1. The van der Waals surface area contributed by atoms with Crippen LogP contribution in [0.2, 0.25) is 0 Å². The van der Waals surface area contributed by atoms with Crippen molar-refractivity contribution in [3.63, 3.8) is 0 Å². The number of urea groups is 1. The number of carbonyl (C=O) groups is 2. The minimum Gasteiger partial charge on any atom is -0.379 e. The van der Waals surface area contributed by atoms with E-state index >= 15 is 0 Å². The zero-order chi connectivity index (χ0) is 21.4. The Morgan fingerprint density at radius 2 is 1.87 bits per heavy atom. The zero-order valence-corrected chi connectivity index (χ0v) is 18.0. The fraction of sp³-hybridized carbons (Fsp3) is 0.889. The Morgan fingerprint density at radius 1 is 1.13 bits per heavy atom. The molecule has 0 aliphatic carbocycles. The highest BCUT2D eigenvalue weighted by atomic mass is 32.2. The predicted octanol–water partition coefficient (Wildman–Crippen LogP) is 1.19. The van der Waals surface area contributed by atoms with Gasteiger partial charge in [0.25, 0.3) is 0 Å². The number of nitrogens with zero attached hydrogens (tertiary/aromatic N) is 3. The van der Waals surface area contributed by atoms with E-state index in [2.05, 4.69) is 26.0 Å². The molecule has 2 fully saturated rings. The molecule has 0 bridgehead atoms. The molecule has 1 unspecified atom stereocenters. The molecule has 30 heavy (non-hydrogen) atoms. The van der Waals surface area contributed by atoms with Gasteiger partial charge < -0.3 is 30.2 Å². The van der Waals surface area contributed by atoms with Gasteiger partial charge in [0.05, 0.1) is 51.7 Å². The lowest BCUT2D eigenvalue weighted by molar-refractivity contribution is -0.121. The van der Waals surface area contributed by atoms with Crippen molar-refractivity contribution >= 4 is 23.7 Å². The third-order valence-electron chi connectivity index (χ3n) is 4.79. The average Bonchev–Trinajstić information content (AvgIpc) is 3.28. The van der Waals surface area contributed by atoms with Crippen molar-refractivity contribution in [2.45, 2.75) is 43.0 Å². The highest BCUT2D eigenvalue weighted by Crippen LogP contribution is 2.33. The van der Waals surface area contributed by atoms with Crippen molar-refractivity contribution in [1.29, 1.82) is 0 Å². The summed E-state index contributed by atoms with van der Waals surface area (Å²) >= 11 is 1.90. The lowest BCUT2D eigenvalue weighted by atomic mass is 10.0. The molecule has 12 heteroatoms. The van der Waals surface area contributed by atoms with Crippen LogP contribution in [0.1, 0.15) is 25.7 Å². The number of unbranched alkanes of at least 4 members (excludes halogenated alkanes) is 1. The number of hydrogen-bond acceptors (Lipinski definition) is 7. The van der Waals surface area contributed by atoms with E-state index in [-0.39, 0.29) is 24.0 Å². The predicted molar refractivity (Wildman–Crippen MR) is 113 cm³/mol. The van der Waals surface area contributed by atoms with E-state index in [1.807, 2.05) is 11.8 Å². The fourth-order valence-corrected chi connectivity index (χ4v) is 4.86. The molecule has 2 saturated heterocycles. The Bertz CT molecular complexity index is 577. The van der Waals surface area contributed by atoms with E-state index in [0.29, 0.717) is 64.4 Å². The van der Waals surface area contributed by atoms with Crippen molar-refractivity contribution in [2.75, 3.05) is 58.5 Å². The van der Waals surface area contributed by atoms with E-state index in [4.69, 9.17) is 19.7 Å². The van der Waals surface area contributed by atoms with Gasteiger partial charge in [-0.15, -0.1) is 0 Å². The van der Waals surface area contributed by atoms with Crippen LogP contribution in [-0.4, -0.2) is 87.8 Å². The smallest absolute Gasteiger partial charge is 0.315 e. The molecule has 2 heterocycles. The molecule has 0 saturated carbocycles. The molecular weight excluding hydrogens is 412 g/mol. The summed E-state index contributed by atoms with van der Waals surface area (Å²) in [6, 6.07) is 0.426. The van der Waals surface area contributed by atoms with Crippen LogP contribution >= 0.6 is 11.8 Å². The number of fused-ring (bicyclic) bond motifs is 1. The van der Waals surface area contributed by atoms with Crippen LogP contribution in [-0.2, 0) is 19.0 Å². The number of carbonyl (C=O) groups excluding carboxylic acids is 2. The van der Waals surface area contributed by atoms with Gasteiger partial charge in [-0.2, -0.15) is 11.8 Å². The Morgan fingerprint density at radius 3 is 2.63 bits per heavy atom. The number of rotatable bonds is 17. The molecule has 3 amide bonds. The monoisotopic (exact) mass is 444 g/mol. The van der Waals surface area contributed by atoms with Gasteiger partial charge in [-0.05, 0) is 18.4 Å². The molecule has 3 N–H and O–H groups in total. The Hall–Kier alpha value is -1.72. The molecule has 0 aromatic rings. The van der Waals surface area contributed by atoms with E-state index in [0.717, 1.165) is 25.0 Å². The van der Waals surface area contributed by atoms with Crippen LogP contribution in [0.15, 0.2) is 5.11 Å². The van der Waals surface area contributed by atoms with Crippen molar-refractivity contribution in [2.24, 2.45) is 5.11 Å². The fourth-order valence-electron chi connectivity index (χ4n) is 3.32. The van der Waals surface area contributed by atoms with Gasteiger partial charge in [-0.25, -0.2) is 4.79 Å². The molecule has 2 aliphatic rings. The standard InChI is InChI=1S/C18H32N6O5S/c19-24-21-6-8-28-10-12-29-11-9-27-7-5-20-16(25)4-2-1-3-15-17-14(13-30-15)22-18(26)23-17/h14-15,17H,1-13H2,(H,20,25)(H2,22,23,26)/t14-,15?,17-/m1/s1. The van der Waals surface area contributed by atoms with Gasteiger partial charge in [-0.3, -0.25) is 4.79 Å². The van der Waals surface area contributed by atoms with Crippen molar-refractivity contribution in [3.05, 3.63) is 10.4 Å². The molecule has 0 aromatic carbocycles. The SMILES string of the molecule is [N-]=[N+]=NCCOCCOCCOCCNC(=O)CCCCC1SC[C@H]2NC(=O)N[C@@H]12. The molecule has 2 aliphatic heterocycles. The summed E-state index contributed by atoms with van der Waals surface area (Å²) in [5, 5.41) is 12.6. The van der Waals surface area contributed by atoms with Crippen molar-refractivity contribution in [1.82, 2.24) is 16.0 Å². The first kappa shape index (κ1) is 24.5. The summed E-state index contributed by atoms with van der Waals surface area (Å²) in [5.74, 6) is 1.01. The van der Waals surface area contributed by atoms with Gasteiger partial charge in [0, 0.05) is 35.4 Å². The van der Waals surface area contributed by atoms with Crippen LogP contribution in [0, 0.1) is 0 Å². The second-order valence-corrected chi connectivity index (χ2v) is 8.28. The maximum atomic E-state index is 11.9. The van der Waals surface area contributed by atoms with Crippen LogP contribution in [0.3, 0.4) is 0 Å². The maximum Gasteiger partial charge on any atom is 0.315 e. The first-order valence-electron chi connectivity index (χ1n) is 10.4. The Labute approximate surface area is 181 Å². The summed E-state index contributed by atoms with van der Waals surface area (Å²) < 4.78 is 15.9. The molecule has 3 atom stereocenters. The summed E-state index contributed by atoms with van der Waals surface area (Å²) in [6.07, 6.45) is 3.36. The number of nitrogens with one attached hydrogen (secondary N) is 3. The summed E-state index contributed by atoms with van der Waals surface area (Å²) in [5.41, 5.74) is 8.10. The lowest BCUT2D eigenvalue weighted by Crippen LogP contribution is -2.36. The quantitative estimate of drug-likeness (QED) is 0.101. The number of hydrogen-bond donors (Lipinski definition) is 3. The number of azide groups is 1. The third-order valence-corrected chi connectivity index (χ3v) is 6.30. The van der Waals surface area contributed by atoms with E-state index in [1.165, 1.54) is 0 Å². The highest BCUT2D eigenvalue weighted by Gasteiger charge is 2.42. The second-order valence-electron chi connectivity index (χ2n) is 7.01. The number of thioether (sulfide) groups is 1. The summed E-state index contributed by atoms with van der Waals surface area (Å²) in [4.78, 5) is 25.9. The van der Waals surface area contributed by atoms with E-state index < -0.39 is 0 Å².